The Morgan fingerprint density at radius 2 is 2.10 bits per heavy atom. The van der Waals surface area contributed by atoms with Crippen molar-refractivity contribution >= 4 is 23.0 Å². The van der Waals surface area contributed by atoms with Crippen LogP contribution in [0.25, 0.3) is 0 Å². The van der Waals surface area contributed by atoms with Gasteiger partial charge >= 0.3 is 0 Å². The summed E-state index contributed by atoms with van der Waals surface area (Å²) >= 11 is 0. The minimum absolute atomic E-state index is 0.0111. The number of piperidine rings is 1. The highest BCUT2D eigenvalue weighted by Gasteiger charge is 2.21. The minimum Gasteiger partial charge on any atom is -0.393 e. The zero-order chi connectivity index (χ0) is 14.7. The van der Waals surface area contributed by atoms with Crippen LogP contribution in [0.1, 0.15) is 19.8 Å². The normalized spacial score (nSPS) is 15.9. The second-order valence-electron chi connectivity index (χ2n) is 4.96. The van der Waals surface area contributed by atoms with Crippen LogP contribution in [-0.2, 0) is 4.79 Å². The first-order valence-electron chi connectivity index (χ1n) is 6.53. The summed E-state index contributed by atoms with van der Waals surface area (Å²) in [4.78, 5) is 23.4. The molecule has 0 bridgehead atoms. The van der Waals surface area contributed by atoms with Gasteiger partial charge < -0.3 is 16.0 Å². The number of nitrogen functional groups attached to an aromatic ring is 1. The number of anilines is 2. The van der Waals surface area contributed by atoms with Gasteiger partial charge in [0.15, 0.2) is 0 Å². The molecule has 0 spiro atoms. The second kappa shape index (κ2) is 5.77. The number of nitrogens with two attached hydrogens (primary N) is 1. The average molecular weight is 278 g/mol. The molecular weight excluding hydrogens is 260 g/mol. The van der Waals surface area contributed by atoms with Gasteiger partial charge in [0.2, 0.25) is 5.91 Å². The van der Waals surface area contributed by atoms with Crippen LogP contribution in [0.15, 0.2) is 18.2 Å². The number of hydrogen-bond acceptors (Lipinski definition) is 5. The van der Waals surface area contributed by atoms with Crippen LogP contribution in [0.3, 0.4) is 0 Å². The first kappa shape index (κ1) is 14.1. The monoisotopic (exact) mass is 278 g/mol. The summed E-state index contributed by atoms with van der Waals surface area (Å²) in [5.41, 5.74) is 6.69. The molecule has 7 heteroatoms. The Kier molecular flexibility index (Phi) is 4.07. The van der Waals surface area contributed by atoms with Gasteiger partial charge in [0.1, 0.15) is 5.69 Å². The van der Waals surface area contributed by atoms with Crippen molar-refractivity contribution < 1.29 is 9.72 Å². The predicted molar refractivity (Wildman–Crippen MR) is 76.6 cm³/mol. The van der Waals surface area contributed by atoms with Gasteiger partial charge in [-0.1, -0.05) is 0 Å². The fourth-order valence-electron chi connectivity index (χ4n) is 2.47. The summed E-state index contributed by atoms with van der Waals surface area (Å²) in [6.07, 6.45) is 1.72. The van der Waals surface area contributed by atoms with Crippen LogP contribution >= 0.6 is 0 Å². The summed E-state index contributed by atoms with van der Waals surface area (Å²) in [6.45, 7) is 3.10. The van der Waals surface area contributed by atoms with E-state index in [9.17, 15) is 14.9 Å². The number of benzene rings is 1. The molecule has 0 aromatic heterocycles. The lowest BCUT2D eigenvalue weighted by atomic mass is 10.0. The molecule has 1 aromatic carbocycles. The number of nitrogens with zero attached hydrogens (tertiary/aromatic N) is 2. The van der Waals surface area contributed by atoms with Crippen molar-refractivity contribution in [2.45, 2.75) is 25.8 Å². The Bertz CT molecular complexity index is 524. The van der Waals surface area contributed by atoms with Crippen molar-refractivity contribution in [2.24, 2.45) is 0 Å². The molecule has 1 amide bonds. The lowest BCUT2D eigenvalue weighted by Crippen LogP contribution is -2.44. The maximum atomic E-state index is 11.0. The van der Waals surface area contributed by atoms with Gasteiger partial charge in [-0.3, -0.25) is 14.9 Å². The third kappa shape index (κ3) is 3.17. The number of hydrogen-bond donors (Lipinski definition) is 2. The van der Waals surface area contributed by atoms with Crippen LogP contribution in [0.5, 0.6) is 0 Å². The maximum absolute atomic E-state index is 11.0. The van der Waals surface area contributed by atoms with E-state index in [0.717, 1.165) is 31.6 Å². The molecule has 3 N–H and O–H groups in total. The van der Waals surface area contributed by atoms with Crippen LogP contribution in [0.2, 0.25) is 0 Å². The molecule has 1 aliphatic heterocycles. The number of nitro benzene ring substituents is 1. The number of nitro groups is 1. The highest BCUT2D eigenvalue weighted by Crippen LogP contribution is 2.28. The third-order valence-electron chi connectivity index (χ3n) is 3.48. The van der Waals surface area contributed by atoms with Gasteiger partial charge in [-0.2, -0.15) is 0 Å². The van der Waals surface area contributed by atoms with Gasteiger partial charge in [0.05, 0.1) is 4.92 Å². The quantitative estimate of drug-likeness (QED) is 0.492. The SMILES string of the molecule is CC(=O)NC1CCN(c2ccc([N+](=O)[O-])c(N)c2)CC1. The second-order valence-corrected chi connectivity index (χ2v) is 4.96. The van der Waals surface area contributed by atoms with E-state index in [-0.39, 0.29) is 23.3 Å². The topological polar surface area (TPSA) is 102 Å². The molecule has 1 fully saturated rings. The molecule has 0 atom stereocenters. The van der Waals surface area contributed by atoms with E-state index < -0.39 is 4.92 Å². The van der Waals surface area contributed by atoms with Crippen molar-refractivity contribution in [3.05, 3.63) is 28.3 Å². The number of amides is 1. The maximum Gasteiger partial charge on any atom is 0.292 e. The lowest BCUT2D eigenvalue weighted by molar-refractivity contribution is -0.383. The number of nitrogens with one attached hydrogen (secondary N) is 1. The smallest absolute Gasteiger partial charge is 0.292 e. The van der Waals surface area contributed by atoms with Crippen molar-refractivity contribution in [3.63, 3.8) is 0 Å². The van der Waals surface area contributed by atoms with Crippen LogP contribution in [0, 0.1) is 10.1 Å². The molecule has 7 nitrogen and oxygen atoms in total. The summed E-state index contributed by atoms with van der Waals surface area (Å²) < 4.78 is 0. The fourth-order valence-corrected chi connectivity index (χ4v) is 2.47. The Morgan fingerprint density at radius 3 is 2.60 bits per heavy atom. The fraction of sp³-hybridized carbons (Fsp3) is 0.462. The van der Waals surface area contributed by atoms with Crippen molar-refractivity contribution in [3.8, 4) is 0 Å². The zero-order valence-electron chi connectivity index (χ0n) is 11.3. The van der Waals surface area contributed by atoms with E-state index in [2.05, 4.69) is 10.2 Å². The Labute approximate surface area is 116 Å². The molecule has 20 heavy (non-hydrogen) atoms. The van der Waals surface area contributed by atoms with Crippen molar-refractivity contribution in [2.75, 3.05) is 23.7 Å². The van der Waals surface area contributed by atoms with E-state index >= 15 is 0 Å². The molecule has 1 aromatic rings. The molecule has 1 heterocycles. The molecular formula is C13H18N4O3. The molecule has 1 aliphatic rings. The van der Waals surface area contributed by atoms with Gasteiger partial charge in [0, 0.05) is 37.8 Å². The number of carbonyl (C=O) groups is 1. The Morgan fingerprint density at radius 1 is 1.45 bits per heavy atom. The van der Waals surface area contributed by atoms with E-state index in [1.165, 1.54) is 13.0 Å². The summed E-state index contributed by atoms with van der Waals surface area (Å²) in [5, 5.41) is 13.6. The van der Waals surface area contributed by atoms with E-state index in [1.807, 2.05) is 0 Å². The van der Waals surface area contributed by atoms with E-state index in [0.29, 0.717) is 0 Å². The van der Waals surface area contributed by atoms with Crippen LogP contribution < -0.4 is 16.0 Å². The molecule has 108 valence electrons. The number of carbonyl (C=O) groups excluding carboxylic acids is 1. The van der Waals surface area contributed by atoms with E-state index in [1.54, 1.807) is 12.1 Å². The van der Waals surface area contributed by atoms with Crippen molar-refractivity contribution in [1.29, 1.82) is 0 Å². The first-order valence-corrected chi connectivity index (χ1v) is 6.53. The molecule has 1 saturated heterocycles. The zero-order valence-corrected chi connectivity index (χ0v) is 11.3. The number of rotatable bonds is 3. The molecule has 0 unspecified atom stereocenters. The Balaban J connectivity index is 2.02. The molecule has 0 saturated carbocycles. The third-order valence-corrected chi connectivity index (χ3v) is 3.48. The van der Waals surface area contributed by atoms with Crippen LogP contribution in [-0.4, -0.2) is 30.0 Å². The van der Waals surface area contributed by atoms with Crippen LogP contribution in [0.4, 0.5) is 17.1 Å². The summed E-state index contributed by atoms with van der Waals surface area (Å²) in [5.74, 6) is -0.0111. The molecule has 2 rings (SSSR count). The Hall–Kier alpha value is -2.31. The van der Waals surface area contributed by atoms with Crippen molar-refractivity contribution in [1.82, 2.24) is 5.32 Å². The van der Waals surface area contributed by atoms with Gasteiger partial charge in [-0.15, -0.1) is 0 Å². The minimum atomic E-state index is -0.484. The average Bonchev–Trinajstić information content (AvgIpc) is 2.38. The first-order chi connectivity index (χ1) is 9.47. The van der Waals surface area contributed by atoms with Gasteiger partial charge in [-0.05, 0) is 25.0 Å². The van der Waals surface area contributed by atoms with Gasteiger partial charge in [-0.25, -0.2) is 0 Å². The molecule has 0 radical (unpaired) electrons. The summed E-state index contributed by atoms with van der Waals surface area (Å²) in [6, 6.07) is 4.99. The summed E-state index contributed by atoms with van der Waals surface area (Å²) in [7, 11) is 0. The highest BCUT2D eigenvalue weighted by atomic mass is 16.6. The standard InChI is InChI=1S/C13H18N4O3/c1-9(18)15-10-4-6-16(7-5-10)11-2-3-13(17(19)20)12(14)8-11/h2-3,8,10H,4-7,14H2,1H3,(H,15,18). The molecule has 0 aliphatic carbocycles. The predicted octanol–water partition coefficient (Wildman–Crippen LogP) is 1.28. The lowest BCUT2D eigenvalue weighted by Gasteiger charge is -2.33. The highest BCUT2D eigenvalue weighted by molar-refractivity contribution is 5.73. The van der Waals surface area contributed by atoms with E-state index in [4.69, 9.17) is 5.73 Å². The largest absolute Gasteiger partial charge is 0.393 e. The van der Waals surface area contributed by atoms with Gasteiger partial charge in [0.25, 0.3) is 5.69 Å².